The first kappa shape index (κ1) is 17.8. The number of nitriles is 1. The van der Waals surface area contributed by atoms with E-state index in [4.69, 9.17) is 21.6 Å². The molecule has 0 aliphatic rings. The van der Waals surface area contributed by atoms with E-state index in [1.807, 2.05) is 32.0 Å². The number of hydrogen-bond donors (Lipinski definition) is 0. The average Bonchev–Trinajstić information content (AvgIpc) is 2.53. The minimum Gasteiger partial charge on any atom is -0.482 e. The van der Waals surface area contributed by atoms with Crippen LogP contribution >= 0.6 is 11.6 Å². The van der Waals surface area contributed by atoms with Crippen molar-refractivity contribution in [1.82, 2.24) is 0 Å². The number of nitrogens with zero attached hydrogens (tertiary/aromatic N) is 2. The van der Waals surface area contributed by atoms with Crippen molar-refractivity contribution in [2.75, 3.05) is 18.1 Å². The van der Waals surface area contributed by atoms with Crippen molar-refractivity contribution in [2.24, 2.45) is 0 Å². The molecule has 2 aromatic rings. The van der Waals surface area contributed by atoms with Crippen LogP contribution in [0.2, 0.25) is 5.02 Å². The highest BCUT2D eigenvalue weighted by molar-refractivity contribution is 6.32. The van der Waals surface area contributed by atoms with Gasteiger partial charge in [-0.15, -0.1) is 0 Å². The summed E-state index contributed by atoms with van der Waals surface area (Å²) >= 11 is 6.04. The smallest absolute Gasteiger partial charge is 0.264 e. The van der Waals surface area contributed by atoms with Crippen molar-refractivity contribution in [1.29, 1.82) is 5.26 Å². The third kappa shape index (κ3) is 4.74. The number of para-hydroxylation sites is 1. The zero-order valence-electron chi connectivity index (χ0n) is 13.8. The van der Waals surface area contributed by atoms with Gasteiger partial charge >= 0.3 is 0 Å². The fourth-order valence-electron chi connectivity index (χ4n) is 2.45. The van der Waals surface area contributed by atoms with E-state index in [0.717, 1.165) is 16.8 Å². The third-order valence-electron chi connectivity index (χ3n) is 3.45. The second kappa shape index (κ2) is 8.37. The Kier molecular flexibility index (Phi) is 6.22. The summed E-state index contributed by atoms with van der Waals surface area (Å²) in [5.74, 6) is 0.253. The summed E-state index contributed by atoms with van der Waals surface area (Å²) in [6.07, 6.45) is 0.255. The molecule has 0 N–H and O–H groups in total. The highest BCUT2D eigenvalue weighted by Crippen LogP contribution is 2.24. The summed E-state index contributed by atoms with van der Waals surface area (Å²) in [5.41, 5.74) is 2.90. The van der Waals surface area contributed by atoms with Gasteiger partial charge in [0.1, 0.15) is 5.75 Å². The highest BCUT2D eigenvalue weighted by atomic mass is 35.5. The molecular formula is C19H19ClN2O2. The molecule has 0 bridgehead atoms. The maximum Gasteiger partial charge on any atom is 0.264 e. The molecule has 5 heteroatoms. The Morgan fingerprint density at radius 3 is 2.50 bits per heavy atom. The molecule has 0 spiro atoms. The van der Waals surface area contributed by atoms with Crippen LogP contribution in [-0.2, 0) is 4.79 Å². The van der Waals surface area contributed by atoms with Crippen LogP contribution in [0.15, 0.2) is 42.5 Å². The van der Waals surface area contributed by atoms with Crippen LogP contribution in [0.3, 0.4) is 0 Å². The number of halogens is 1. The Morgan fingerprint density at radius 1 is 1.21 bits per heavy atom. The molecule has 1 amide bonds. The van der Waals surface area contributed by atoms with Crippen molar-refractivity contribution in [2.45, 2.75) is 20.3 Å². The molecule has 124 valence electrons. The first-order valence-corrected chi connectivity index (χ1v) is 8.02. The Balaban J connectivity index is 2.16. The lowest BCUT2D eigenvalue weighted by atomic mass is 10.1. The molecule has 0 heterocycles. The Bertz CT molecular complexity index is 748. The number of benzene rings is 2. The Morgan fingerprint density at radius 2 is 1.88 bits per heavy atom. The second-order valence-electron chi connectivity index (χ2n) is 5.52. The van der Waals surface area contributed by atoms with Crippen molar-refractivity contribution in [3.63, 3.8) is 0 Å². The van der Waals surface area contributed by atoms with E-state index in [1.54, 1.807) is 29.2 Å². The van der Waals surface area contributed by atoms with E-state index in [0.29, 0.717) is 17.3 Å². The molecule has 0 aliphatic heterocycles. The number of carbonyl (C=O) groups excluding carboxylic acids is 1. The van der Waals surface area contributed by atoms with E-state index in [1.165, 1.54) is 0 Å². The van der Waals surface area contributed by atoms with Gasteiger partial charge in [0.05, 0.1) is 17.5 Å². The van der Waals surface area contributed by atoms with Crippen LogP contribution in [-0.4, -0.2) is 19.1 Å². The van der Waals surface area contributed by atoms with Crippen LogP contribution in [0.1, 0.15) is 17.5 Å². The van der Waals surface area contributed by atoms with Gasteiger partial charge in [-0.05, 0) is 49.2 Å². The van der Waals surface area contributed by atoms with Crippen LogP contribution in [0.5, 0.6) is 5.75 Å². The summed E-state index contributed by atoms with van der Waals surface area (Å²) in [4.78, 5) is 14.2. The highest BCUT2D eigenvalue weighted by Gasteiger charge is 2.17. The number of amides is 1. The number of aryl methyl sites for hydroxylation is 2. The normalized spacial score (nSPS) is 10.1. The molecule has 0 saturated heterocycles. The Labute approximate surface area is 147 Å². The van der Waals surface area contributed by atoms with Gasteiger partial charge in [0, 0.05) is 12.2 Å². The molecular weight excluding hydrogens is 324 g/mol. The Hall–Kier alpha value is -2.51. The molecule has 0 atom stereocenters. The van der Waals surface area contributed by atoms with Crippen molar-refractivity contribution >= 4 is 23.2 Å². The lowest BCUT2D eigenvalue weighted by molar-refractivity contribution is -0.120. The van der Waals surface area contributed by atoms with Crippen molar-refractivity contribution in [3.05, 3.63) is 58.6 Å². The number of ether oxygens (including phenoxy) is 1. The molecule has 4 nitrogen and oxygen atoms in total. The van der Waals surface area contributed by atoms with Gasteiger partial charge in [0.2, 0.25) is 0 Å². The predicted molar refractivity (Wildman–Crippen MR) is 95.4 cm³/mol. The van der Waals surface area contributed by atoms with Gasteiger partial charge in [-0.1, -0.05) is 29.8 Å². The predicted octanol–water partition coefficient (Wildman–Crippen LogP) is 4.28. The molecule has 2 aromatic carbocycles. The molecule has 0 fully saturated rings. The van der Waals surface area contributed by atoms with E-state index in [2.05, 4.69) is 6.07 Å². The number of anilines is 1. The molecule has 0 radical (unpaired) electrons. The molecule has 0 aromatic heterocycles. The van der Waals surface area contributed by atoms with E-state index < -0.39 is 0 Å². The van der Waals surface area contributed by atoms with Gasteiger partial charge in [0.25, 0.3) is 5.91 Å². The maximum atomic E-state index is 12.6. The first-order chi connectivity index (χ1) is 11.5. The topological polar surface area (TPSA) is 53.3 Å². The summed E-state index contributed by atoms with van der Waals surface area (Å²) in [6, 6.07) is 15.0. The summed E-state index contributed by atoms with van der Waals surface area (Å²) in [6.45, 7) is 4.14. The molecule has 2 rings (SSSR count). The van der Waals surface area contributed by atoms with E-state index in [-0.39, 0.29) is 18.9 Å². The van der Waals surface area contributed by atoms with E-state index >= 15 is 0 Å². The van der Waals surface area contributed by atoms with Crippen LogP contribution in [0, 0.1) is 25.2 Å². The first-order valence-electron chi connectivity index (χ1n) is 7.64. The fraction of sp³-hybridized carbons (Fsp3) is 0.263. The second-order valence-corrected chi connectivity index (χ2v) is 5.93. The molecule has 24 heavy (non-hydrogen) atoms. The third-order valence-corrected chi connectivity index (χ3v) is 3.77. The SMILES string of the molecule is Cc1cc(C)cc(N(CCC#N)C(=O)COc2ccccc2Cl)c1. The molecule has 0 unspecified atom stereocenters. The lowest BCUT2D eigenvalue weighted by Crippen LogP contribution is -2.35. The van der Waals surface area contributed by atoms with Crippen LogP contribution < -0.4 is 9.64 Å². The van der Waals surface area contributed by atoms with Gasteiger partial charge in [-0.3, -0.25) is 4.79 Å². The summed E-state index contributed by atoms with van der Waals surface area (Å²) in [5, 5.41) is 9.32. The van der Waals surface area contributed by atoms with E-state index in [9.17, 15) is 4.79 Å². The largest absolute Gasteiger partial charge is 0.482 e. The quantitative estimate of drug-likeness (QED) is 0.787. The average molecular weight is 343 g/mol. The fourth-order valence-corrected chi connectivity index (χ4v) is 2.64. The van der Waals surface area contributed by atoms with Gasteiger partial charge in [-0.2, -0.15) is 5.26 Å². The van der Waals surface area contributed by atoms with Crippen LogP contribution in [0.25, 0.3) is 0 Å². The minimum atomic E-state index is -0.213. The molecule has 0 saturated carbocycles. The van der Waals surface area contributed by atoms with Crippen LogP contribution in [0.4, 0.5) is 5.69 Å². The summed E-state index contributed by atoms with van der Waals surface area (Å²) in [7, 11) is 0. The lowest BCUT2D eigenvalue weighted by Gasteiger charge is -2.23. The summed E-state index contributed by atoms with van der Waals surface area (Å²) < 4.78 is 5.54. The minimum absolute atomic E-state index is 0.137. The maximum absolute atomic E-state index is 12.6. The van der Waals surface area contributed by atoms with Crippen molar-refractivity contribution in [3.8, 4) is 11.8 Å². The number of carbonyl (C=O) groups is 1. The molecule has 0 aliphatic carbocycles. The zero-order chi connectivity index (χ0) is 17.5. The van der Waals surface area contributed by atoms with Gasteiger partial charge < -0.3 is 9.64 Å². The van der Waals surface area contributed by atoms with Gasteiger partial charge in [0.15, 0.2) is 6.61 Å². The number of hydrogen-bond acceptors (Lipinski definition) is 3. The monoisotopic (exact) mass is 342 g/mol. The van der Waals surface area contributed by atoms with Crippen molar-refractivity contribution < 1.29 is 9.53 Å². The van der Waals surface area contributed by atoms with Gasteiger partial charge in [-0.25, -0.2) is 0 Å². The number of rotatable bonds is 6. The zero-order valence-corrected chi connectivity index (χ0v) is 14.5. The standard InChI is InChI=1S/C19H19ClN2O2/c1-14-10-15(2)12-16(11-14)22(9-5-8-21)19(23)13-24-18-7-4-3-6-17(18)20/h3-4,6-7,10-12H,5,9,13H2,1-2H3.